The summed E-state index contributed by atoms with van der Waals surface area (Å²) in [6.45, 7) is 2.43. The Balaban J connectivity index is 1.15. The van der Waals surface area contributed by atoms with Crippen LogP contribution in [0.4, 0.5) is 0 Å². The second-order valence-electron chi connectivity index (χ2n) is 9.27. The normalized spacial score (nSPS) is 19.7. The zero-order valence-electron chi connectivity index (χ0n) is 19.2. The summed E-state index contributed by atoms with van der Waals surface area (Å²) in [6, 6.07) is 12.1. The Labute approximate surface area is 208 Å². The molecule has 2 aromatic rings. The highest BCUT2D eigenvalue weighted by molar-refractivity contribution is 7.99. The van der Waals surface area contributed by atoms with Crippen LogP contribution in [0, 0.1) is 5.92 Å². The first-order chi connectivity index (χ1) is 16.4. The third kappa shape index (κ3) is 4.59. The van der Waals surface area contributed by atoms with Crippen molar-refractivity contribution in [2.75, 3.05) is 45.8 Å². The molecule has 5 rings (SSSR count). The number of hydrogen-bond donors (Lipinski definition) is 1. The lowest BCUT2D eigenvalue weighted by Gasteiger charge is -2.37. The average Bonchev–Trinajstić information content (AvgIpc) is 3.36. The molecule has 34 heavy (non-hydrogen) atoms. The maximum Gasteiger partial charge on any atom is 0.273 e. The molecule has 2 aromatic carbocycles. The number of likely N-dealkylation sites (tertiary alicyclic amines) is 1. The Bertz CT molecular complexity index is 1130. The summed E-state index contributed by atoms with van der Waals surface area (Å²) < 4.78 is 0. The van der Waals surface area contributed by atoms with Gasteiger partial charge in [-0.25, -0.2) is 0 Å². The fourth-order valence-electron chi connectivity index (χ4n) is 5.00. The summed E-state index contributed by atoms with van der Waals surface area (Å²) in [5, 5.41) is 12.8. The van der Waals surface area contributed by atoms with Crippen molar-refractivity contribution in [3.8, 4) is 0 Å². The van der Waals surface area contributed by atoms with Crippen LogP contribution in [0.5, 0.6) is 0 Å². The van der Waals surface area contributed by atoms with Gasteiger partial charge in [-0.2, -0.15) is 0 Å². The van der Waals surface area contributed by atoms with Crippen LogP contribution in [0.15, 0.2) is 53.2 Å². The van der Waals surface area contributed by atoms with Crippen LogP contribution in [0.25, 0.3) is 10.8 Å². The zero-order valence-corrected chi connectivity index (χ0v) is 20.8. The van der Waals surface area contributed by atoms with E-state index in [9.17, 15) is 14.7 Å². The highest BCUT2D eigenvalue weighted by atomic mass is 35.5. The molecule has 0 bridgehead atoms. The molecule has 0 aliphatic carbocycles. The van der Waals surface area contributed by atoms with Crippen molar-refractivity contribution < 1.29 is 14.7 Å². The first-order valence-corrected chi connectivity index (χ1v) is 13.0. The first kappa shape index (κ1) is 23.3. The Morgan fingerprint density at radius 3 is 2.62 bits per heavy atom. The molecule has 3 aliphatic rings. The van der Waals surface area contributed by atoms with Gasteiger partial charge < -0.3 is 24.7 Å². The van der Waals surface area contributed by atoms with Crippen LogP contribution >= 0.6 is 23.4 Å². The van der Waals surface area contributed by atoms with Gasteiger partial charge in [-0.3, -0.25) is 9.59 Å². The molecular weight excluding hydrogens is 472 g/mol. The van der Waals surface area contributed by atoms with Crippen molar-refractivity contribution in [1.82, 2.24) is 19.6 Å². The highest BCUT2D eigenvalue weighted by Crippen LogP contribution is 2.30. The summed E-state index contributed by atoms with van der Waals surface area (Å²) >= 11 is 7.65. The van der Waals surface area contributed by atoms with E-state index in [1.165, 1.54) is 0 Å². The number of fused-ring (bicyclic) bond motifs is 2. The molecule has 9 heteroatoms. The zero-order chi connectivity index (χ0) is 23.8. The summed E-state index contributed by atoms with van der Waals surface area (Å²) in [5.74, 6) is 0.174. The number of benzene rings is 2. The van der Waals surface area contributed by atoms with Gasteiger partial charge in [-0.15, -0.1) is 11.8 Å². The number of halogens is 1. The van der Waals surface area contributed by atoms with Crippen LogP contribution < -0.4 is 0 Å². The molecule has 1 N–H and O–H groups in total. The number of aliphatic hydroxyl groups is 1. The van der Waals surface area contributed by atoms with Crippen molar-refractivity contribution in [2.24, 2.45) is 5.92 Å². The first-order valence-electron chi connectivity index (χ1n) is 11.6. The number of amides is 2. The molecule has 0 saturated carbocycles. The molecule has 3 aliphatic heterocycles. The fraction of sp³-hybridized carbons (Fsp3) is 0.440. The number of rotatable bonds is 6. The van der Waals surface area contributed by atoms with Gasteiger partial charge in [0.2, 0.25) is 5.91 Å². The van der Waals surface area contributed by atoms with Gasteiger partial charge >= 0.3 is 0 Å². The van der Waals surface area contributed by atoms with Crippen molar-refractivity contribution in [3.05, 3.63) is 53.3 Å². The molecule has 2 amide bonds. The molecule has 0 radical (unpaired) electrons. The SMILES string of the molecule is CN1C=C2C(=O)N(C3CCN(C(=O)C(CO)CSc4ccc5cc(Cl)ccc5c4)CC3)CN2C1. The van der Waals surface area contributed by atoms with E-state index in [2.05, 4.69) is 11.0 Å². The van der Waals surface area contributed by atoms with Gasteiger partial charge in [0, 0.05) is 48.0 Å². The maximum atomic E-state index is 13.1. The summed E-state index contributed by atoms with van der Waals surface area (Å²) in [5.41, 5.74) is 0.773. The lowest BCUT2D eigenvalue weighted by atomic mass is 10.0. The second-order valence-corrected chi connectivity index (χ2v) is 10.8. The molecule has 180 valence electrons. The standard InChI is InChI=1S/C25H29ClN4O3S/c1-27-12-23-25(33)30(16-29(23)15-27)21-6-8-28(9-7-21)24(32)19(13-31)14-34-22-5-3-17-10-20(26)4-2-18(17)11-22/h2-5,10-12,19,21,31H,6-9,13-16H2,1H3. The van der Waals surface area contributed by atoms with E-state index >= 15 is 0 Å². The topological polar surface area (TPSA) is 67.3 Å². The summed E-state index contributed by atoms with van der Waals surface area (Å²) in [7, 11) is 1.97. The molecule has 7 nitrogen and oxygen atoms in total. The van der Waals surface area contributed by atoms with E-state index in [0.29, 0.717) is 30.5 Å². The van der Waals surface area contributed by atoms with Crippen molar-refractivity contribution >= 4 is 45.9 Å². The number of hydrogen-bond acceptors (Lipinski definition) is 6. The van der Waals surface area contributed by atoms with Crippen molar-refractivity contribution in [3.63, 3.8) is 0 Å². The van der Waals surface area contributed by atoms with Gasteiger partial charge in [0.1, 0.15) is 5.70 Å². The average molecular weight is 501 g/mol. The molecule has 0 spiro atoms. The minimum absolute atomic E-state index is 0.00118. The van der Waals surface area contributed by atoms with E-state index in [1.807, 2.05) is 58.3 Å². The van der Waals surface area contributed by atoms with Crippen molar-refractivity contribution in [1.29, 1.82) is 0 Å². The maximum absolute atomic E-state index is 13.1. The minimum atomic E-state index is -0.443. The Morgan fingerprint density at radius 2 is 1.88 bits per heavy atom. The monoisotopic (exact) mass is 500 g/mol. The lowest BCUT2D eigenvalue weighted by molar-refractivity contribution is -0.138. The molecule has 2 saturated heterocycles. The van der Waals surface area contributed by atoms with Crippen LogP contribution in [0.1, 0.15) is 12.8 Å². The van der Waals surface area contributed by atoms with E-state index in [1.54, 1.807) is 11.8 Å². The predicted octanol–water partition coefficient (Wildman–Crippen LogP) is 3.03. The summed E-state index contributed by atoms with van der Waals surface area (Å²) in [6.07, 6.45) is 3.45. The van der Waals surface area contributed by atoms with Gasteiger partial charge in [0.05, 0.1) is 25.9 Å². The third-order valence-electron chi connectivity index (χ3n) is 6.89. The van der Waals surface area contributed by atoms with E-state index in [-0.39, 0.29) is 24.5 Å². The molecule has 0 aromatic heterocycles. The Hall–Kier alpha value is -2.42. The van der Waals surface area contributed by atoms with Crippen LogP contribution in [0.3, 0.4) is 0 Å². The van der Waals surface area contributed by atoms with E-state index in [4.69, 9.17) is 11.6 Å². The predicted molar refractivity (Wildman–Crippen MR) is 134 cm³/mol. The molecule has 2 fully saturated rings. The number of piperidine rings is 1. The van der Waals surface area contributed by atoms with Crippen LogP contribution in [0.2, 0.25) is 5.02 Å². The van der Waals surface area contributed by atoms with Crippen LogP contribution in [-0.2, 0) is 9.59 Å². The molecule has 1 unspecified atom stereocenters. The quantitative estimate of drug-likeness (QED) is 0.615. The largest absolute Gasteiger partial charge is 0.396 e. The number of aliphatic hydroxyl groups excluding tert-OH is 1. The number of carbonyl (C=O) groups excluding carboxylic acids is 2. The van der Waals surface area contributed by atoms with Gasteiger partial charge in [0.25, 0.3) is 5.91 Å². The van der Waals surface area contributed by atoms with Gasteiger partial charge in [0.15, 0.2) is 0 Å². The number of nitrogens with zero attached hydrogens (tertiary/aromatic N) is 4. The Kier molecular flexibility index (Phi) is 6.64. The van der Waals surface area contributed by atoms with Crippen LogP contribution in [-0.4, -0.2) is 88.4 Å². The number of carbonyl (C=O) groups is 2. The van der Waals surface area contributed by atoms with E-state index in [0.717, 1.165) is 40.9 Å². The van der Waals surface area contributed by atoms with Crippen molar-refractivity contribution in [2.45, 2.75) is 23.8 Å². The minimum Gasteiger partial charge on any atom is -0.396 e. The molecule has 3 heterocycles. The highest BCUT2D eigenvalue weighted by Gasteiger charge is 2.41. The molecule has 1 atom stereocenters. The second kappa shape index (κ2) is 9.68. The van der Waals surface area contributed by atoms with Gasteiger partial charge in [-0.1, -0.05) is 23.7 Å². The Morgan fingerprint density at radius 1 is 1.15 bits per heavy atom. The summed E-state index contributed by atoms with van der Waals surface area (Å²) in [4.78, 5) is 34.9. The molecular formula is C25H29ClN4O3S. The third-order valence-corrected chi connectivity index (χ3v) is 8.28. The number of thioether (sulfide) groups is 1. The lowest BCUT2D eigenvalue weighted by Crippen LogP contribution is -2.49. The fourth-order valence-corrected chi connectivity index (χ4v) is 6.20. The smallest absolute Gasteiger partial charge is 0.273 e. The van der Waals surface area contributed by atoms with Gasteiger partial charge in [-0.05, 0) is 47.9 Å². The van der Waals surface area contributed by atoms with E-state index < -0.39 is 5.92 Å².